The molecule has 3 N–H and O–H groups in total. The predicted molar refractivity (Wildman–Crippen MR) is 94.2 cm³/mol. The fourth-order valence-corrected chi connectivity index (χ4v) is 2.50. The summed E-state index contributed by atoms with van der Waals surface area (Å²) in [6, 6.07) is 8.56. The van der Waals surface area contributed by atoms with Gasteiger partial charge in [-0.3, -0.25) is 0 Å². The zero-order valence-corrected chi connectivity index (χ0v) is 14.2. The second-order valence-electron chi connectivity index (χ2n) is 5.83. The van der Waals surface area contributed by atoms with Crippen LogP contribution in [0.4, 0.5) is 0 Å². The number of rotatable bonds is 11. The Bertz CT molecular complexity index is 340. The molecule has 3 heteroatoms. The Labute approximate surface area is 136 Å². The highest BCUT2D eigenvalue weighted by atomic mass is 35.5. The van der Waals surface area contributed by atoms with Crippen molar-refractivity contribution in [2.45, 2.75) is 70.8 Å². The molecule has 0 aliphatic heterocycles. The second-order valence-corrected chi connectivity index (χ2v) is 5.83. The van der Waals surface area contributed by atoms with Crippen molar-refractivity contribution in [3.8, 4) is 0 Å². The Kier molecular flexibility index (Phi) is 12.8. The molecule has 1 aromatic carbocycles. The van der Waals surface area contributed by atoms with Gasteiger partial charge >= 0.3 is 0 Å². The van der Waals surface area contributed by atoms with E-state index in [-0.39, 0.29) is 25.1 Å². The van der Waals surface area contributed by atoms with Crippen LogP contribution in [0.3, 0.4) is 0 Å². The number of nitrogens with two attached hydrogens (primary N) is 1. The van der Waals surface area contributed by atoms with Crippen LogP contribution in [-0.2, 0) is 12.8 Å². The Morgan fingerprint density at radius 2 is 1.43 bits per heavy atom. The van der Waals surface area contributed by atoms with E-state index in [1.807, 2.05) is 0 Å². The van der Waals surface area contributed by atoms with E-state index in [9.17, 15) is 0 Å². The molecule has 0 unspecified atom stereocenters. The van der Waals surface area contributed by atoms with Gasteiger partial charge in [-0.15, -0.1) is 12.4 Å². The summed E-state index contributed by atoms with van der Waals surface area (Å²) in [7, 11) is 0. The number of benzene rings is 1. The van der Waals surface area contributed by atoms with Gasteiger partial charge in [0.15, 0.2) is 0 Å². The number of aryl methyl sites for hydroxylation is 1. The fraction of sp³-hybridized carbons (Fsp3) is 0.667. The van der Waals surface area contributed by atoms with Crippen molar-refractivity contribution in [3.05, 3.63) is 35.4 Å². The topological polar surface area (TPSA) is 46.2 Å². The number of hydrogen-bond donors (Lipinski definition) is 2. The van der Waals surface area contributed by atoms with E-state index in [1.54, 1.807) is 0 Å². The van der Waals surface area contributed by atoms with Gasteiger partial charge in [0.25, 0.3) is 0 Å². The van der Waals surface area contributed by atoms with Crippen LogP contribution in [-0.4, -0.2) is 17.8 Å². The molecule has 0 amide bonds. The summed E-state index contributed by atoms with van der Waals surface area (Å²) in [5.41, 5.74) is 8.38. The fourth-order valence-electron chi connectivity index (χ4n) is 2.50. The molecule has 21 heavy (non-hydrogen) atoms. The minimum absolute atomic E-state index is 0. The minimum atomic E-state index is -0.135. The van der Waals surface area contributed by atoms with E-state index < -0.39 is 0 Å². The van der Waals surface area contributed by atoms with Crippen molar-refractivity contribution in [1.82, 2.24) is 0 Å². The maximum Gasteiger partial charge on any atom is 0.0585 e. The van der Waals surface area contributed by atoms with Gasteiger partial charge in [-0.05, 0) is 30.4 Å². The summed E-state index contributed by atoms with van der Waals surface area (Å²) < 4.78 is 0. The lowest BCUT2D eigenvalue weighted by molar-refractivity contribution is 0.265. The van der Waals surface area contributed by atoms with Gasteiger partial charge in [-0.2, -0.15) is 0 Å². The van der Waals surface area contributed by atoms with Crippen LogP contribution >= 0.6 is 12.4 Å². The number of hydrogen-bond acceptors (Lipinski definition) is 2. The number of halogens is 1. The van der Waals surface area contributed by atoms with E-state index in [1.165, 1.54) is 62.5 Å². The van der Waals surface area contributed by atoms with Crippen molar-refractivity contribution in [1.29, 1.82) is 0 Å². The SMILES string of the molecule is CCCCCCCCCc1ccc(C[C@H](N)CO)cc1.Cl. The van der Waals surface area contributed by atoms with Crippen LogP contribution in [0.2, 0.25) is 0 Å². The molecule has 0 aliphatic carbocycles. The molecule has 122 valence electrons. The van der Waals surface area contributed by atoms with Gasteiger partial charge in [0, 0.05) is 6.04 Å². The molecular formula is C18H32ClNO. The molecule has 0 aliphatic rings. The van der Waals surface area contributed by atoms with E-state index in [0.717, 1.165) is 6.42 Å². The summed E-state index contributed by atoms with van der Waals surface area (Å²) in [5.74, 6) is 0. The molecule has 0 heterocycles. The van der Waals surface area contributed by atoms with Crippen LogP contribution < -0.4 is 5.73 Å². The molecule has 1 aromatic rings. The molecule has 0 spiro atoms. The lowest BCUT2D eigenvalue weighted by Gasteiger charge is -2.08. The van der Waals surface area contributed by atoms with Crippen molar-refractivity contribution in [2.75, 3.05) is 6.61 Å². The minimum Gasteiger partial charge on any atom is -0.395 e. The highest BCUT2D eigenvalue weighted by Crippen LogP contribution is 2.12. The van der Waals surface area contributed by atoms with Gasteiger partial charge in [0.2, 0.25) is 0 Å². The Morgan fingerprint density at radius 1 is 0.905 bits per heavy atom. The smallest absolute Gasteiger partial charge is 0.0585 e. The molecule has 0 aromatic heterocycles. The summed E-state index contributed by atoms with van der Waals surface area (Å²) in [6.07, 6.45) is 11.5. The maximum absolute atomic E-state index is 8.95. The quantitative estimate of drug-likeness (QED) is 0.599. The van der Waals surface area contributed by atoms with Gasteiger partial charge in [0.1, 0.15) is 0 Å². The molecule has 0 radical (unpaired) electrons. The molecule has 0 fully saturated rings. The van der Waals surface area contributed by atoms with Gasteiger partial charge in [-0.25, -0.2) is 0 Å². The molecular weight excluding hydrogens is 282 g/mol. The molecule has 0 saturated carbocycles. The Balaban J connectivity index is 0.00000400. The highest BCUT2D eigenvalue weighted by Gasteiger charge is 2.02. The second kappa shape index (κ2) is 13.1. The normalized spacial score (nSPS) is 12.0. The number of unbranched alkanes of at least 4 members (excludes halogenated alkanes) is 6. The third kappa shape index (κ3) is 9.89. The monoisotopic (exact) mass is 313 g/mol. The first kappa shape index (κ1) is 20.4. The zero-order valence-electron chi connectivity index (χ0n) is 13.4. The average molecular weight is 314 g/mol. The van der Waals surface area contributed by atoms with Gasteiger partial charge < -0.3 is 10.8 Å². The predicted octanol–water partition coefficient (Wildman–Crippen LogP) is 4.26. The average Bonchev–Trinajstić information content (AvgIpc) is 2.48. The van der Waals surface area contributed by atoms with Crippen LogP contribution in [0.1, 0.15) is 63.0 Å². The molecule has 0 saturated heterocycles. The van der Waals surface area contributed by atoms with Crippen LogP contribution in [0, 0.1) is 0 Å². The van der Waals surface area contributed by atoms with Crippen LogP contribution in [0.5, 0.6) is 0 Å². The first-order chi connectivity index (χ1) is 9.76. The third-order valence-electron chi connectivity index (χ3n) is 3.82. The third-order valence-corrected chi connectivity index (χ3v) is 3.82. The zero-order chi connectivity index (χ0) is 14.6. The summed E-state index contributed by atoms with van der Waals surface area (Å²) in [6.45, 7) is 2.32. The molecule has 2 nitrogen and oxygen atoms in total. The first-order valence-electron chi connectivity index (χ1n) is 8.20. The summed E-state index contributed by atoms with van der Waals surface area (Å²) in [4.78, 5) is 0. The first-order valence-corrected chi connectivity index (χ1v) is 8.20. The van der Waals surface area contributed by atoms with Crippen molar-refractivity contribution in [2.24, 2.45) is 5.73 Å². The standard InChI is InChI=1S/C18H31NO.ClH/c1-2-3-4-5-6-7-8-9-16-10-12-17(13-11-16)14-18(19)15-20;/h10-13,18,20H,2-9,14-15,19H2,1H3;1H/t18-;/m0./s1. The van der Waals surface area contributed by atoms with Crippen LogP contribution in [0.15, 0.2) is 24.3 Å². The summed E-state index contributed by atoms with van der Waals surface area (Å²) >= 11 is 0. The van der Waals surface area contributed by atoms with Gasteiger partial charge in [0.05, 0.1) is 6.61 Å². The lowest BCUT2D eigenvalue weighted by atomic mass is 10.0. The number of aliphatic hydroxyl groups excluding tert-OH is 1. The Morgan fingerprint density at radius 3 is 2.00 bits per heavy atom. The summed E-state index contributed by atoms with van der Waals surface area (Å²) in [5, 5.41) is 8.95. The van der Waals surface area contributed by atoms with Crippen molar-refractivity contribution in [3.63, 3.8) is 0 Å². The Hall–Kier alpha value is -0.570. The van der Waals surface area contributed by atoms with E-state index >= 15 is 0 Å². The van der Waals surface area contributed by atoms with E-state index in [4.69, 9.17) is 10.8 Å². The largest absolute Gasteiger partial charge is 0.395 e. The molecule has 1 atom stereocenters. The molecule has 0 bridgehead atoms. The molecule has 1 rings (SSSR count). The highest BCUT2D eigenvalue weighted by molar-refractivity contribution is 5.85. The van der Waals surface area contributed by atoms with E-state index in [0.29, 0.717) is 0 Å². The lowest BCUT2D eigenvalue weighted by Crippen LogP contribution is -2.26. The number of aliphatic hydroxyl groups is 1. The van der Waals surface area contributed by atoms with E-state index in [2.05, 4.69) is 31.2 Å². The van der Waals surface area contributed by atoms with Crippen LogP contribution in [0.25, 0.3) is 0 Å². The van der Waals surface area contributed by atoms with Gasteiger partial charge in [-0.1, -0.05) is 69.7 Å². The maximum atomic E-state index is 8.95. The van der Waals surface area contributed by atoms with Crippen molar-refractivity contribution >= 4 is 12.4 Å². The van der Waals surface area contributed by atoms with Crippen molar-refractivity contribution < 1.29 is 5.11 Å².